The van der Waals surface area contributed by atoms with Crippen molar-refractivity contribution in [1.29, 1.82) is 0 Å². The number of nitrogens with zero attached hydrogens (tertiary/aromatic N) is 1. The number of ether oxygens (including phenoxy) is 1. The molecule has 4 rings (SSSR count). The molecule has 1 atom stereocenters. The van der Waals surface area contributed by atoms with Crippen LogP contribution in [-0.2, 0) is 14.8 Å². The van der Waals surface area contributed by atoms with Crippen LogP contribution in [0.2, 0.25) is 0 Å². The summed E-state index contributed by atoms with van der Waals surface area (Å²) in [5.74, 6) is -0.156. The molecule has 1 fully saturated rings. The van der Waals surface area contributed by atoms with Gasteiger partial charge in [0.2, 0.25) is 21.5 Å². The molecule has 0 bridgehead atoms. The van der Waals surface area contributed by atoms with Gasteiger partial charge in [0.05, 0.1) is 23.6 Å². The molecule has 0 spiro atoms. The number of para-hydroxylation sites is 2. The van der Waals surface area contributed by atoms with Gasteiger partial charge in [-0.3, -0.25) is 9.59 Å². The molecular formula is C22H23N3O5S. The number of sulfonamides is 1. The largest absolute Gasteiger partial charge is 0.495 e. The fourth-order valence-electron chi connectivity index (χ4n) is 3.80. The van der Waals surface area contributed by atoms with E-state index in [4.69, 9.17) is 4.74 Å². The van der Waals surface area contributed by atoms with E-state index in [9.17, 15) is 18.0 Å². The van der Waals surface area contributed by atoms with Gasteiger partial charge in [0, 0.05) is 24.7 Å². The van der Waals surface area contributed by atoms with E-state index in [1.807, 2.05) is 6.07 Å². The summed E-state index contributed by atoms with van der Waals surface area (Å²) in [4.78, 5) is 27.1. The number of fused-ring (bicyclic) bond motifs is 1. The molecule has 1 amide bonds. The second-order valence-electron chi connectivity index (χ2n) is 7.46. The second-order valence-corrected chi connectivity index (χ2v) is 9.40. The number of hydrogen-bond donors (Lipinski definition) is 2. The Hall–Kier alpha value is -3.17. The number of H-pyrrole nitrogens is 1. The number of benzene rings is 2. The number of anilines is 1. The molecule has 2 heterocycles. The molecule has 0 aliphatic carbocycles. The summed E-state index contributed by atoms with van der Waals surface area (Å²) in [6.45, 7) is 0.456. The molecule has 1 aliphatic heterocycles. The average Bonchev–Trinajstić information content (AvgIpc) is 2.79. The van der Waals surface area contributed by atoms with Crippen LogP contribution in [0.5, 0.6) is 5.75 Å². The van der Waals surface area contributed by atoms with E-state index >= 15 is 0 Å². The van der Waals surface area contributed by atoms with Crippen molar-refractivity contribution in [3.8, 4) is 5.75 Å². The minimum atomic E-state index is -3.78. The molecule has 1 aromatic heterocycles. The number of hydrogen-bond acceptors (Lipinski definition) is 5. The van der Waals surface area contributed by atoms with Gasteiger partial charge in [-0.2, -0.15) is 4.31 Å². The lowest BCUT2D eigenvalue weighted by molar-refractivity contribution is -0.120. The van der Waals surface area contributed by atoms with Gasteiger partial charge in [0.25, 0.3) is 0 Å². The number of pyridine rings is 1. The summed E-state index contributed by atoms with van der Waals surface area (Å²) >= 11 is 0. The van der Waals surface area contributed by atoms with Crippen LogP contribution in [0.4, 0.5) is 5.69 Å². The van der Waals surface area contributed by atoms with Crippen LogP contribution in [0.15, 0.2) is 64.3 Å². The normalized spacial score (nSPS) is 17.4. The van der Waals surface area contributed by atoms with E-state index in [-0.39, 0.29) is 22.9 Å². The smallest absolute Gasteiger partial charge is 0.248 e. The van der Waals surface area contributed by atoms with Crippen LogP contribution in [-0.4, -0.2) is 43.8 Å². The van der Waals surface area contributed by atoms with Crippen LogP contribution >= 0.6 is 0 Å². The summed E-state index contributed by atoms with van der Waals surface area (Å²) in [6, 6.07) is 14.6. The first-order valence-corrected chi connectivity index (χ1v) is 11.4. The van der Waals surface area contributed by atoms with Crippen molar-refractivity contribution in [1.82, 2.24) is 9.29 Å². The van der Waals surface area contributed by atoms with Crippen molar-refractivity contribution in [2.24, 2.45) is 5.92 Å². The molecule has 31 heavy (non-hydrogen) atoms. The summed E-state index contributed by atoms with van der Waals surface area (Å²) in [5.41, 5.74) is 0.876. The summed E-state index contributed by atoms with van der Waals surface area (Å²) in [7, 11) is -2.25. The molecule has 3 aromatic rings. The highest BCUT2D eigenvalue weighted by atomic mass is 32.2. The molecule has 0 radical (unpaired) electrons. The number of carbonyl (C=O) groups is 1. The highest BCUT2D eigenvalue weighted by Gasteiger charge is 2.33. The highest BCUT2D eigenvalue weighted by Crippen LogP contribution is 2.28. The van der Waals surface area contributed by atoms with Crippen molar-refractivity contribution in [2.75, 3.05) is 25.5 Å². The third-order valence-electron chi connectivity index (χ3n) is 5.45. The number of rotatable bonds is 5. The standard InChI is InChI=1S/C22H23N3O5S/c1-30-20-7-3-2-6-19(20)24-22(27)16-5-4-12-25(14-16)31(28,29)17-9-10-18-15(13-17)8-11-21(26)23-18/h2-3,6-11,13,16H,4-5,12,14H2,1H3,(H,23,26)(H,24,27)/t16-/m1/s1. The monoisotopic (exact) mass is 441 g/mol. The number of aromatic amines is 1. The zero-order valence-electron chi connectivity index (χ0n) is 17.0. The lowest BCUT2D eigenvalue weighted by Gasteiger charge is -2.31. The number of aromatic nitrogens is 1. The number of nitrogens with one attached hydrogen (secondary N) is 2. The molecule has 1 saturated heterocycles. The SMILES string of the molecule is COc1ccccc1NC(=O)[C@@H]1CCCN(S(=O)(=O)c2ccc3[nH]c(=O)ccc3c2)C1. The molecule has 0 unspecified atom stereocenters. The topological polar surface area (TPSA) is 109 Å². The van der Waals surface area contributed by atoms with Gasteiger partial charge < -0.3 is 15.0 Å². The second kappa shape index (κ2) is 8.52. The van der Waals surface area contributed by atoms with Crippen LogP contribution in [0, 0.1) is 5.92 Å². The Balaban J connectivity index is 1.54. The molecule has 1 aliphatic rings. The predicted octanol–water partition coefficient (Wildman–Crippen LogP) is 2.58. The number of amides is 1. The van der Waals surface area contributed by atoms with Crippen LogP contribution in [0.1, 0.15) is 12.8 Å². The van der Waals surface area contributed by atoms with Gasteiger partial charge in [-0.25, -0.2) is 8.42 Å². The molecule has 0 saturated carbocycles. The zero-order chi connectivity index (χ0) is 22.0. The van der Waals surface area contributed by atoms with E-state index in [0.717, 1.165) is 0 Å². The Morgan fingerprint density at radius 3 is 2.77 bits per heavy atom. The van der Waals surface area contributed by atoms with E-state index in [1.54, 1.807) is 36.4 Å². The maximum atomic E-state index is 13.2. The number of piperidine rings is 1. The van der Waals surface area contributed by atoms with Gasteiger partial charge >= 0.3 is 0 Å². The highest BCUT2D eigenvalue weighted by molar-refractivity contribution is 7.89. The number of methoxy groups -OCH3 is 1. The third-order valence-corrected chi connectivity index (χ3v) is 7.31. The zero-order valence-corrected chi connectivity index (χ0v) is 17.8. The van der Waals surface area contributed by atoms with Crippen LogP contribution < -0.4 is 15.6 Å². The van der Waals surface area contributed by atoms with Gasteiger partial charge in [-0.15, -0.1) is 0 Å². The molecule has 9 heteroatoms. The maximum Gasteiger partial charge on any atom is 0.248 e. The minimum absolute atomic E-state index is 0.104. The molecule has 2 aromatic carbocycles. The molecule has 2 N–H and O–H groups in total. The van der Waals surface area contributed by atoms with Crippen molar-refractivity contribution in [3.05, 3.63) is 65.0 Å². The van der Waals surface area contributed by atoms with Crippen LogP contribution in [0.3, 0.4) is 0 Å². The minimum Gasteiger partial charge on any atom is -0.495 e. The first-order valence-electron chi connectivity index (χ1n) is 9.95. The van der Waals surface area contributed by atoms with Gasteiger partial charge in [-0.1, -0.05) is 12.1 Å². The predicted molar refractivity (Wildman–Crippen MR) is 118 cm³/mol. The quantitative estimate of drug-likeness (QED) is 0.633. The Bertz CT molecular complexity index is 1290. The summed E-state index contributed by atoms with van der Waals surface area (Å²) in [5, 5.41) is 3.48. The lowest BCUT2D eigenvalue weighted by Crippen LogP contribution is -2.43. The Kier molecular flexibility index (Phi) is 5.79. The molecule has 8 nitrogen and oxygen atoms in total. The summed E-state index contributed by atoms with van der Waals surface area (Å²) < 4.78 is 33.1. The average molecular weight is 442 g/mol. The maximum absolute atomic E-state index is 13.2. The van der Waals surface area contributed by atoms with E-state index in [2.05, 4.69) is 10.3 Å². The van der Waals surface area contributed by atoms with Crippen LogP contribution in [0.25, 0.3) is 10.9 Å². The number of carbonyl (C=O) groups excluding carboxylic acids is 1. The van der Waals surface area contributed by atoms with E-state index in [1.165, 1.54) is 23.5 Å². The van der Waals surface area contributed by atoms with Gasteiger partial charge in [0.15, 0.2) is 0 Å². The van der Waals surface area contributed by atoms with Crippen molar-refractivity contribution in [2.45, 2.75) is 17.7 Å². The molecular weight excluding hydrogens is 418 g/mol. The van der Waals surface area contributed by atoms with Crippen molar-refractivity contribution >= 4 is 32.5 Å². The van der Waals surface area contributed by atoms with Crippen molar-refractivity contribution in [3.63, 3.8) is 0 Å². The Labute approximate surface area is 179 Å². The van der Waals surface area contributed by atoms with Crippen molar-refractivity contribution < 1.29 is 17.9 Å². The summed E-state index contributed by atoms with van der Waals surface area (Å²) in [6.07, 6.45) is 1.19. The lowest BCUT2D eigenvalue weighted by atomic mass is 9.98. The fraction of sp³-hybridized carbons (Fsp3) is 0.273. The van der Waals surface area contributed by atoms with E-state index in [0.29, 0.717) is 41.7 Å². The van der Waals surface area contributed by atoms with E-state index < -0.39 is 15.9 Å². The third kappa shape index (κ3) is 4.33. The Morgan fingerprint density at radius 2 is 1.97 bits per heavy atom. The first kappa shape index (κ1) is 21.1. The fourth-order valence-corrected chi connectivity index (χ4v) is 5.36. The molecule has 162 valence electrons. The van der Waals surface area contributed by atoms with Gasteiger partial charge in [-0.05, 0) is 54.6 Å². The first-order chi connectivity index (χ1) is 14.9. The van der Waals surface area contributed by atoms with Gasteiger partial charge in [0.1, 0.15) is 5.75 Å². The Morgan fingerprint density at radius 1 is 1.16 bits per heavy atom.